The lowest BCUT2D eigenvalue weighted by atomic mass is 10.1. The molecule has 2 aromatic rings. The van der Waals surface area contributed by atoms with Crippen molar-refractivity contribution in [3.05, 3.63) is 75.8 Å². The summed E-state index contributed by atoms with van der Waals surface area (Å²) < 4.78 is 4.89. The van der Waals surface area contributed by atoms with E-state index in [2.05, 4.69) is 5.32 Å². The molecular formula is C17H16N2O5. The quantitative estimate of drug-likeness (QED) is 0.499. The zero-order valence-electron chi connectivity index (χ0n) is 13.0. The first-order valence-corrected chi connectivity index (χ1v) is 7.23. The van der Waals surface area contributed by atoms with Crippen LogP contribution in [0.25, 0.3) is 0 Å². The van der Waals surface area contributed by atoms with Gasteiger partial charge < -0.3 is 10.1 Å². The number of ether oxygens (including phenoxy) is 1. The van der Waals surface area contributed by atoms with E-state index in [1.54, 1.807) is 0 Å². The third-order valence-electron chi connectivity index (χ3n) is 3.30. The van der Waals surface area contributed by atoms with Crippen LogP contribution < -0.4 is 5.32 Å². The summed E-state index contributed by atoms with van der Waals surface area (Å²) >= 11 is 0. The fraction of sp³-hybridized carbons (Fsp3) is 0.176. The average molecular weight is 328 g/mol. The van der Waals surface area contributed by atoms with Crippen molar-refractivity contribution >= 4 is 17.6 Å². The van der Waals surface area contributed by atoms with E-state index in [-0.39, 0.29) is 17.3 Å². The van der Waals surface area contributed by atoms with Crippen molar-refractivity contribution in [2.45, 2.75) is 13.0 Å². The summed E-state index contributed by atoms with van der Waals surface area (Å²) in [6, 6.07) is 14.3. The minimum Gasteiger partial charge on any atom is -0.452 e. The van der Waals surface area contributed by atoms with E-state index in [4.69, 9.17) is 4.74 Å². The number of non-ortho nitro benzene ring substituents is 1. The summed E-state index contributed by atoms with van der Waals surface area (Å²) in [5.74, 6) is -1.24. The Hall–Kier alpha value is -3.22. The van der Waals surface area contributed by atoms with Gasteiger partial charge in [0, 0.05) is 12.1 Å². The van der Waals surface area contributed by atoms with E-state index in [1.807, 2.05) is 37.3 Å². The van der Waals surface area contributed by atoms with E-state index >= 15 is 0 Å². The van der Waals surface area contributed by atoms with Crippen molar-refractivity contribution in [1.82, 2.24) is 5.32 Å². The highest BCUT2D eigenvalue weighted by Crippen LogP contribution is 2.14. The first-order chi connectivity index (χ1) is 11.5. The van der Waals surface area contributed by atoms with Gasteiger partial charge in [-0.2, -0.15) is 0 Å². The SMILES string of the molecule is CC(NC(=O)COC(=O)c1cccc([N+](=O)[O-])c1)c1ccccc1. The predicted octanol–water partition coefficient (Wildman–Crippen LogP) is 2.63. The van der Waals surface area contributed by atoms with Gasteiger partial charge in [-0.3, -0.25) is 14.9 Å². The molecule has 0 saturated heterocycles. The predicted molar refractivity (Wildman–Crippen MR) is 86.4 cm³/mol. The summed E-state index contributed by atoms with van der Waals surface area (Å²) in [6.07, 6.45) is 0. The first-order valence-electron chi connectivity index (χ1n) is 7.23. The molecule has 1 unspecified atom stereocenters. The minimum absolute atomic E-state index is 0.0214. The topological polar surface area (TPSA) is 98.5 Å². The third kappa shape index (κ3) is 4.64. The number of esters is 1. The number of nitro benzene ring substituents is 1. The van der Waals surface area contributed by atoms with E-state index in [9.17, 15) is 19.7 Å². The molecule has 2 rings (SSSR count). The van der Waals surface area contributed by atoms with Crippen molar-refractivity contribution in [2.75, 3.05) is 6.61 Å². The Morgan fingerprint density at radius 3 is 2.54 bits per heavy atom. The smallest absolute Gasteiger partial charge is 0.338 e. The molecule has 7 heteroatoms. The van der Waals surface area contributed by atoms with Gasteiger partial charge in [0.15, 0.2) is 6.61 Å². The summed E-state index contributed by atoms with van der Waals surface area (Å²) in [7, 11) is 0. The van der Waals surface area contributed by atoms with Crippen LogP contribution in [0.5, 0.6) is 0 Å². The van der Waals surface area contributed by atoms with Gasteiger partial charge >= 0.3 is 5.97 Å². The molecular weight excluding hydrogens is 312 g/mol. The molecule has 24 heavy (non-hydrogen) atoms. The number of nitro groups is 1. The zero-order chi connectivity index (χ0) is 17.5. The first kappa shape index (κ1) is 17.1. The Balaban J connectivity index is 1.88. The Bertz CT molecular complexity index is 746. The molecule has 2 aromatic carbocycles. The number of carbonyl (C=O) groups excluding carboxylic acids is 2. The van der Waals surface area contributed by atoms with E-state index < -0.39 is 23.4 Å². The molecule has 1 amide bonds. The summed E-state index contributed by atoms with van der Waals surface area (Å²) in [5, 5.41) is 13.4. The van der Waals surface area contributed by atoms with E-state index in [1.165, 1.54) is 18.2 Å². The van der Waals surface area contributed by atoms with Gasteiger partial charge in [-0.15, -0.1) is 0 Å². The van der Waals surface area contributed by atoms with Crippen molar-refractivity contribution in [2.24, 2.45) is 0 Å². The highest BCUT2D eigenvalue weighted by atomic mass is 16.6. The molecule has 1 N–H and O–H groups in total. The largest absolute Gasteiger partial charge is 0.452 e. The van der Waals surface area contributed by atoms with Gasteiger partial charge in [0.25, 0.3) is 11.6 Å². The van der Waals surface area contributed by atoms with E-state index in [0.717, 1.165) is 11.6 Å². The van der Waals surface area contributed by atoms with Crippen molar-refractivity contribution in [3.63, 3.8) is 0 Å². The lowest BCUT2D eigenvalue weighted by Crippen LogP contribution is -2.31. The molecule has 0 heterocycles. The van der Waals surface area contributed by atoms with Gasteiger partial charge in [0.05, 0.1) is 16.5 Å². The third-order valence-corrected chi connectivity index (χ3v) is 3.30. The molecule has 0 fully saturated rings. The Morgan fingerprint density at radius 1 is 1.17 bits per heavy atom. The molecule has 1 atom stereocenters. The Labute approximate surface area is 138 Å². The Morgan fingerprint density at radius 2 is 1.88 bits per heavy atom. The zero-order valence-corrected chi connectivity index (χ0v) is 13.0. The molecule has 124 valence electrons. The standard InChI is InChI=1S/C17H16N2O5/c1-12(13-6-3-2-4-7-13)18-16(20)11-24-17(21)14-8-5-9-15(10-14)19(22)23/h2-10,12H,11H2,1H3,(H,18,20). The lowest BCUT2D eigenvalue weighted by Gasteiger charge is -2.14. The number of nitrogens with one attached hydrogen (secondary N) is 1. The molecule has 0 aliphatic rings. The molecule has 7 nitrogen and oxygen atoms in total. The van der Waals surface area contributed by atoms with Gasteiger partial charge in [0.1, 0.15) is 0 Å². The molecule has 0 bridgehead atoms. The minimum atomic E-state index is -0.791. The maximum absolute atomic E-state index is 11.9. The normalized spacial score (nSPS) is 11.4. The molecule has 0 aliphatic heterocycles. The van der Waals surface area contributed by atoms with Crippen LogP contribution >= 0.6 is 0 Å². The molecule has 0 spiro atoms. The van der Waals surface area contributed by atoms with Crippen LogP contribution in [0, 0.1) is 10.1 Å². The Kier molecular flexibility index (Phi) is 5.62. The van der Waals surface area contributed by atoms with Crippen LogP contribution in [0.4, 0.5) is 5.69 Å². The monoisotopic (exact) mass is 328 g/mol. The van der Waals surface area contributed by atoms with Gasteiger partial charge in [-0.25, -0.2) is 4.79 Å². The maximum atomic E-state index is 11.9. The van der Waals surface area contributed by atoms with E-state index in [0.29, 0.717) is 0 Å². The van der Waals surface area contributed by atoms with Crippen LogP contribution in [0.2, 0.25) is 0 Å². The molecule has 0 radical (unpaired) electrons. The maximum Gasteiger partial charge on any atom is 0.338 e. The number of nitrogens with zero attached hydrogens (tertiary/aromatic N) is 1. The number of benzene rings is 2. The van der Waals surface area contributed by atoms with Crippen LogP contribution in [0.1, 0.15) is 28.9 Å². The van der Waals surface area contributed by atoms with Crippen LogP contribution in [0.15, 0.2) is 54.6 Å². The van der Waals surface area contributed by atoms with Gasteiger partial charge in [-0.1, -0.05) is 36.4 Å². The second-order valence-electron chi connectivity index (χ2n) is 5.08. The number of carbonyl (C=O) groups is 2. The second-order valence-corrected chi connectivity index (χ2v) is 5.08. The van der Waals surface area contributed by atoms with Crippen LogP contribution in [0.3, 0.4) is 0 Å². The highest BCUT2D eigenvalue weighted by Gasteiger charge is 2.15. The fourth-order valence-corrected chi connectivity index (χ4v) is 2.07. The number of amides is 1. The summed E-state index contributed by atoms with van der Waals surface area (Å²) in [5.41, 5.74) is 0.732. The van der Waals surface area contributed by atoms with Gasteiger partial charge in [0.2, 0.25) is 0 Å². The highest BCUT2D eigenvalue weighted by molar-refractivity contribution is 5.91. The summed E-state index contributed by atoms with van der Waals surface area (Å²) in [4.78, 5) is 33.8. The summed E-state index contributed by atoms with van der Waals surface area (Å²) in [6.45, 7) is 1.36. The number of rotatable bonds is 6. The number of hydrogen-bond donors (Lipinski definition) is 1. The fourth-order valence-electron chi connectivity index (χ4n) is 2.07. The van der Waals surface area contributed by atoms with Crippen LogP contribution in [-0.2, 0) is 9.53 Å². The van der Waals surface area contributed by atoms with Crippen molar-refractivity contribution < 1.29 is 19.2 Å². The molecule has 0 aliphatic carbocycles. The second kappa shape index (κ2) is 7.87. The molecule has 0 saturated carbocycles. The van der Waals surface area contributed by atoms with Gasteiger partial charge in [-0.05, 0) is 18.6 Å². The average Bonchev–Trinajstić information content (AvgIpc) is 2.60. The molecule has 0 aromatic heterocycles. The lowest BCUT2D eigenvalue weighted by molar-refractivity contribution is -0.384. The van der Waals surface area contributed by atoms with Crippen LogP contribution in [-0.4, -0.2) is 23.4 Å². The number of hydrogen-bond acceptors (Lipinski definition) is 5. The van der Waals surface area contributed by atoms with Crippen molar-refractivity contribution in [3.8, 4) is 0 Å². The van der Waals surface area contributed by atoms with Crippen molar-refractivity contribution in [1.29, 1.82) is 0 Å².